The number of hydrogen-bond acceptors (Lipinski definition) is 3. The molecule has 108 valence electrons. The molecule has 0 saturated carbocycles. The summed E-state index contributed by atoms with van der Waals surface area (Å²) in [5.74, 6) is 0.902. The predicted molar refractivity (Wildman–Crippen MR) is 83.7 cm³/mol. The summed E-state index contributed by atoms with van der Waals surface area (Å²) in [5, 5.41) is 11.7. The Morgan fingerprint density at radius 2 is 1.90 bits per heavy atom. The fourth-order valence-electron chi connectivity index (χ4n) is 2.31. The molecule has 1 aromatic carbocycles. The van der Waals surface area contributed by atoms with Crippen LogP contribution in [-0.2, 0) is 7.05 Å². The second-order valence-electron chi connectivity index (χ2n) is 5.15. The van der Waals surface area contributed by atoms with Crippen molar-refractivity contribution >= 4 is 5.69 Å². The van der Waals surface area contributed by atoms with E-state index in [2.05, 4.69) is 40.6 Å². The second-order valence-corrected chi connectivity index (χ2v) is 5.15. The van der Waals surface area contributed by atoms with Crippen LogP contribution in [0, 0.1) is 0 Å². The van der Waals surface area contributed by atoms with Gasteiger partial charge in [0.25, 0.3) is 0 Å². The van der Waals surface area contributed by atoms with E-state index in [-0.39, 0.29) is 0 Å². The molecule has 2 rings (SSSR count). The molecule has 0 fully saturated rings. The van der Waals surface area contributed by atoms with Gasteiger partial charge in [-0.3, -0.25) is 0 Å². The maximum absolute atomic E-state index is 4.19. The second kappa shape index (κ2) is 7.68. The molecule has 0 radical (unpaired) electrons. The molecule has 2 aromatic rings. The molecule has 20 heavy (non-hydrogen) atoms. The number of aromatic nitrogens is 3. The molecule has 0 unspecified atom stereocenters. The summed E-state index contributed by atoms with van der Waals surface area (Å²) in [5.41, 5.74) is 2.25. The van der Waals surface area contributed by atoms with Crippen molar-refractivity contribution in [2.45, 2.75) is 39.0 Å². The third-order valence-corrected chi connectivity index (χ3v) is 3.48. The molecule has 0 saturated heterocycles. The maximum atomic E-state index is 4.19. The molecule has 0 spiro atoms. The van der Waals surface area contributed by atoms with Gasteiger partial charge in [0.1, 0.15) is 6.33 Å². The lowest BCUT2D eigenvalue weighted by molar-refractivity contribution is 0.645. The average molecular weight is 272 g/mol. The lowest BCUT2D eigenvalue weighted by Gasteiger charge is -2.11. The lowest BCUT2D eigenvalue weighted by Crippen LogP contribution is -2.04. The SMILES string of the molecule is CCCCCCCNc1ccccc1-c1nncn1C. The number of benzene rings is 1. The number of nitrogens with one attached hydrogen (secondary N) is 1. The number of para-hydroxylation sites is 1. The molecule has 1 aromatic heterocycles. The van der Waals surface area contributed by atoms with Gasteiger partial charge in [0.2, 0.25) is 0 Å². The van der Waals surface area contributed by atoms with Crippen molar-refractivity contribution < 1.29 is 0 Å². The van der Waals surface area contributed by atoms with Crippen LogP contribution in [-0.4, -0.2) is 21.3 Å². The summed E-state index contributed by atoms with van der Waals surface area (Å²) >= 11 is 0. The molecular weight excluding hydrogens is 248 g/mol. The van der Waals surface area contributed by atoms with Gasteiger partial charge in [-0.15, -0.1) is 10.2 Å². The van der Waals surface area contributed by atoms with Gasteiger partial charge in [-0.2, -0.15) is 0 Å². The van der Waals surface area contributed by atoms with Gasteiger partial charge in [-0.25, -0.2) is 0 Å². The van der Waals surface area contributed by atoms with Crippen molar-refractivity contribution in [1.82, 2.24) is 14.8 Å². The van der Waals surface area contributed by atoms with Crippen LogP contribution in [0.1, 0.15) is 39.0 Å². The predicted octanol–water partition coefficient (Wildman–Crippen LogP) is 3.86. The van der Waals surface area contributed by atoms with E-state index in [9.17, 15) is 0 Å². The third kappa shape index (κ3) is 3.83. The number of hydrogen-bond donors (Lipinski definition) is 1. The van der Waals surface area contributed by atoms with E-state index in [0.29, 0.717) is 0 Å². The summed E-state index contributed by atoms with van der Waals surface area (Å²) in [6, 6.07) is 8.29. The van der Waals surface area contributed by atoms with Crippen molar-refractivity contribution in [2.24, 2.45) is 7.05 Å². The molecule has 4 nitrogen and oxygen atoms in total. The normalized spacial score (nSPS) is 10.7. The third-order valence-electron chi connectivity index (χ3n) is 3.48. The highest BCUT2D eigenvalue weighted by Crippen LogP contribution is 2.25. The molecule has 4 heteroatoms. The van der Waals surface area contributed by atoms with Gasteiger partial charge in [0.05, 0.1) is 0 Å². The number of aryl methyl sites for hydroxylation is 1. The summed E-state index contributed by atoms with van der Waals surface area (Å²) in [7, 11) is 1.97. The first-order valence-electron chi connectivity index (χ1n) is 7.50. The molecule has 1 heterocycles. The molecule has 0 amide bonds. The van der Waals surface area contributed by atoms with Crippen molar-refractivity contribution in [3.8, 4) is 11.4 Å². The van der Waals surface area contributed by atoms with E-state index in [1.165, 1.54) is 32.1 Å². The minimum atomic E-state index is 0.902. The van der Waals surface area contributed by atoms with Crippen LogP contribution < -0.4 is 5.32 Å². The highest BCUT2D eigenvalue weighted by molar-refractivity contribution is 5.73. The van der Waals surface area contributed by atoms with Crippen LogP contribution in [0.3, 0.4) is 0 Å². The zero-order chi connectivity index (χ0) is 14.2. The fraction of sp³-hybridized carbons (Fsp3) is 0.500. The number of unbranched alkanes of at least 4 members (excludes halogenated alkanes) is 4. The van der Waals surface area contributed by atoms with E-state index in [4.69, 9.17) is 0 Å². The van der Waals surface area contributed by atoms with E-state index < -0.39 is 0 Å². The van der Waals surface area contributed by atoms with Crippen LogP contribution in [0.4, 0.5) is 5.69 Å². The average Bonchev–Trinajstić information content (AvgIpc) is 2.89. The van der Waals surface area contributed by atoms with Gasteiger partial charge in [0, 0.05) is 24.8 Å². The Kier molecular flexibility index (Phi) is 5.59. The lowest BCUT2D eigenvalue weighted by atomic mass is 10.1. The van der Waals surface area contributed by atoms with Crippen LogP contribution in [0.25, 0.3) is 11.4 Å². The van der Waals surface area contributed by atoms with Crippen LogP contribution >= 0.6 is 0 Å². The van der Waals surface area contributed by atoms with Gasteiger partial charge in [-0.05, 0) is 18.6 Å². The minimum absolute atomic E-state index is 0.902. The Bertz CT molecular complexity index is 519. The van der Waals surface area contributed by atoms with E-state index >= 15 is 0 Å². The van der Waals surface area contributed by atoms with Gasteiger partial charge >= 0.3 is 0 Å². The van der Waals surface area contributed by atoms with Crippen molar-refractivity contribution in [1.29, 1.82) is 0 Å². The number of anilines is 1. The largest absolute Gasteiger partial charge is 0.384 e. The highest BCUT2D eigenvalue weighted by Gasteiger charge is 2.08. The summed E-state index contributed by atoms with van der Waals surface area (Å²) in [6.45, 7) is 3.26. The quantitative estimate of drug-likeness (QED) is 0.742. The minimum Gasteiger partial charge on any atom is -0.384 e. The molecule has 1 N–H and O–H groups in total. The van der Waals surface area contributed by atoms with E-state index in [1.807, 2.05) is 17.7 Å². The first-order valence-corrected chi connectivity index (χ1v) is 7.50. The molecular formula is C16H24N4. The molecule has 0 aliphatic rings. The van der Waals surface area contributed by atoms with Crippen molar-refractivity contribution in [2.75, 3.05) is 11.9 Å². The van der Waals surface area contributed by atoms with Crippen LogP contribution in [0.5, 0.6) is 0 Å². The molecule has 0 atom stereocenters. The first-order chi connectivity index (χ1) is 9.83. The number of rotatable bonds is 8. The molecule has 0 aliphatic heterocycles. The number of nitrogens with zero attached hydrogens (tertiary/aromatic N) is 3. The fourth-order valence-corrected chi connectivity index (χ4v) is 2.31. The van der Waals surface area contributed by atoms with Crippen LogP contribution in [0.2, 0.25) is 0 Å². The topological polar surface area (TPSA) is 42.7 Å². The summed E-state index contributed by atoms with van der Waals surface area (Å²) in [4.78, 5) is 0. The van der Waals surface area contributed by atoms with E-state index in [1.54, 1.807) is 6.33 Å². The summed E-state index contributed by atoms with van der Waals surface area (Å²) in [6.07, 6.45) is 8.22. The van der Waals surface area contributed by atoms with Crippen LogP contribution in [0.15, 0.2) is 30.6 Å². The Hall–Kier alpha value is -1.84. The molecule has 0 aliphatic carbocycles. The van der Waals surface area contributed by atoms with Gasteiger partial charge in [-0.1, -0.05) is 44.7 Å². The van der Waals surface area contributed by atoms with Gasteiger partial charge < -0.3 is 9.88 Å². The zero-order valence-corrected chi connectivity index (χ0v) is 12.5. The smallest absolute Gasteiger partial charge is 0.165 e. The van der Waals surface area contributed by atoms with Crippen molar-refractivity contribution in [3.63, 3.8) is 0 Å². The standard InChI is InChI=1S/C16H24N4/c1-3-4-5-6-9-12-17-15-11-8-7-10-14(15)16-19-18-13-20(16)2/h7-8,10-11,13,17H,3-6,9,12H2,1-2H3. The monoisotopic (exact) mass is 272 g/mol. The summed E-state index contributed by atoms with van der Waals surface area (Å²) < 4.78 is 1.95. The van der Waals surface area contributed by atoms with Gasteiger partial charge in [0.15, 0.2) is 5.82 Å². The zero-order valence-electron chi connectivity index (χ0n) is 12.5. The Balaban J connectivity index is 1.94. The van der Waals surface area contributed by atoms with E-state index in [0.717, 1.165) is 23.6 Å². The molecule has 0 bridgehead atoms. The first kappa shape index (κ1) is 14.6. The Morgan fingerprint density at radius 3 is 2.65 bits per heavy atom. The maximum Gasteiger partial charge on any atom is 0.165 e. The Labute approximate surface area is 121 Å². The van der Waals surface area contributed by atoms with Crippen molar-refractivity contribution in [3.05, 3.63) is 30.6 Å². The Morgan fingerprint density at radius 1 is 1.10 bits per heavy atom. The highest BCUT2D eigenvalue weighted by atomic mass is 15.2.